The van der Waals surface area contributed by atoms with Crippen molar-refractivity contribution in [2.45, 2.75) is 24.5 Å². The highest BCUT2D eigenvalue weighted by Crippen LogP contribution is 2.38. The third-order valence-corrected chi connectivity index (χ3v) is 3.78. The minimum Gasteiger partial charge on any atom is -0.446 e. The molecule has 2 aromatic rings. The van der Waals surface area contributed by atoms with E-state index in [0.29, 0.717) is 11.2 Å². The Balaban J connectivity index is 1.78. The zero-order chi connectivity index (χ0) is 14.6. The summed E-state index contributed by atoms with van der Waals surface area (Å²) in [4.78, 5) is 12.2. The van der Waals surface area contributed by atoms with Crippen LogP contribution in [0.15, 0.2) is 12.7 Å². The summed E-state index contributed by atoms with van der Waals surface area (Å²) in [5, 5.41) is 9.45. The Kier molecular flexibility index (Phi) is 2.71. The first-order valence-electron chi connectivity index (χ1n) is 6.25. The molecule has 2 fully saturated rings. The third kappa shape index (κ3) is 1.76. The molecule has 9 nitrogen and oxygen atoms in total. The molecule has 2 aromatic heterocycles. The van der Waals surface area contributed by atoms with E-state index >= 15 is 0 Å². The van der Waals surface area contributed by atoms with Gasteiger partial charge in [-0.25, -0.2) is 15.0 Å². The van der Waals surface area contributed by atoms with E-state index < -0.39 is 24.5 Å². The molecule has 0 saturated carbocycles. The van der Waals surface area contributed by atoms with E-state index in [9.17, 15) is 5.11 Å². The molecule has 10 heteroatoms. The molecule has 3 N–H and O–H groups in total. The summed E-state index contributed by atoms with van der Waals surface area (Å²) < 4.78 is 18.3. The first kappa shape index (κ1) is 12.7. The van der Waals surface area contributed by atoms with Crippen molar-refractivity contribution in [3.63, 3.8) is 0 Å². The first-order chi connectivity index (χ1) is 10.2. The summed E-state index contributed by atoms with van der Waals surface area (Å²) in [6.07, 6.45) is 0.876. The van der Waals surface area contributed by atoms with E-state index in [1.807, 2.05) is 0 Å². The summed E-state index contributed by atoms with van der Waals surface area (Å²) >= 11 is 4.92. The smallest absolute Gasteiger partial charge is 0.353 e. The molecule has 0 spiro atoms. The Morgan fingerprint density at radius 1 is 1.29 bits per heavy atom. The monoisotopic (exact) mass is 309 g/mol. The number of aromatic nitrogens is 4. The van der Waals surface area contributed by atoms with Crippen LogP contribution < -0.4 is 5.73 Å². The number of hydrogen-bond donors (Lipinski definition) is 2. The maximum Gasteiger partial charge on any atom is 0.353 e. The summed E-state index contributed by atoms with van der Waals surface area (Å²) in [5.74, 6) is 0.283. The topological polar surface area (TPSA) is 118 Å². The maximum atomic E-state index is 9.40. The van der Waals surface area contributed by atoms with Gasteiger partial charge in [-0.15, -0.1) is 0 Å². The molecule has 0 aliphatic carbocycles. The van der Waals surface area contributed by atoms with Gasteiger partial charge in [0.05, 0.1) is 12.9 Å². The number of anilines is 1. The van der Waals surface area contributed by atoms with Gasteiger partial charge in [-0.3, -0.25) is 4.57 Å². The lowest BCUT2D eigenvalue weighted by Crippen LogP contribution is -2.30. The molecule has 4 rings (SSSR count). The Labute approximate surface area is 123 Å². The lowest BCUT2D eigenvalue weighted by atomic mass is 10.1. The predicted molar refractivity (Wildman–Crippen MR) is 73.1 cm³/mol. The number of nitrogens with two attached hydrogens (primary N) is 1. The summed E-state index contributed by atoms with van der Waals surface area (Å²) in [6, 6.07) is 0. The SMILES string of the molecule is Nc1ncnc2c1ncn2C1OC(CO)C2OC(=S)OC21. The van der Waals surface area contributed by atoms with Crippen LogP contribution >= 0.6 is 12.2 Å². The minimum atomic E-state index is -0.563. The molecule has 2 aliphatic rings. The van der Waals surface area contributed by atoms with Crippen molar-refractivity contribution in [3.05, 3.63) is 12.7 Å². The number of aliphatic hydroxyl groups is 1. The number of aliphatic hydroxyl groups excluding tert-OH is 1. The molecule has 0 radical (unpaired) electrons. The highest BCUT2D eigenvalue weighted by atomic mass is 32.1. The molecule has 4 heterocycles. The van der Waals surface area contributed by atoms with Crippen LogP contribution in [0.3, 0.4) is 0 Å². The fourth-order valence-electron chi connectivity index (χ4n) is 2.65. The standard InChI is InChI=1S/C11H11N5O4S/c12-8-5-9(14-2-13-8)16(3-15-5)10-7-6(4(1-17)18-10)19-11(21)20-7/h2-4,6-7,10,17H,1H2,(H2,12,13,14). The molecular weight excluding hydrogens is 298 g/mol. The number of ether oxygens (including phenoxy) is 3. The molecule has 4 atom stereocenters. The van der Waals surface area contributed by atoms with E-state index in [-0.39, 0.29) is 17.7 Å². The van der Waals surface area contributed by atoms with Crippen molar-refractivity contribution >= 4 is 34.4 Å². The quantitative estimate of drug-likeness (QED) is 0.699. The van der Waals surface area contributed by atoms with E-state index in [1.54, 1.807) is 10.9 Å². The average Bonchev–Trinajstić information content (AvgIpc) is 3.12. The van der Waals surface area contributed by atoms with Crippen LogP contribution in [0.4, 0.5) is 5.82 Å². The largest absolute Gasteiger partial charge is 0.446 e. The van der Waals surface area contributed by atoms with Gasteiger partial charge < -0.3 is 25.1 Å². The molecule has 0 bridgehead atoms. The van der Waals surface area contributed by atoms with Crippen LogP contribution in [0, 0.1) is 0 Å². The number of rotatable bonds is 2. The summed E-state index contributed by atoms with van der Waals surface area (Å²) in [5.41, 5.74) is 6.76. The highest BCUT2D eigenvalue weighted by molar-refractivity contribution is 7.79. The molecular formula is C11H11N5O4S. The summed E-state index contributed by atoms with van der Waals surface area (Å²) in [7, 11) is 0. The van der Waals surface area contributed by atoms with Crippen molar-refractivity contribution < 1.29 is 19.3 Å². The van der Waals surface area contributed by atoms with E-state index in [4.69, 9.17) is 32.2 Å². The van der Waals surface area contributed by atoms with Crippen molar-refractivity contribution in [2.24, 2.45) is 0 Å². The highest BCUT2D eigenvalue weighted by Gasteiger charge is 2.53. The van der Waals surface area contributed by atoms with Gasteiger partial charge in [0.25, 0.3) is 0 Å². The third-order valence-electron chi connectivity index (χ3n) is 3.59. The van der Waals surface area contributed by atoms with Crippen molar-refractivity contribution in [1.82, 2.24) is 19.5 Å². The Morgan fingerprint density at radius 2 is 2.10 bits per heavy atom. The van der Waals surface area contributed by atoms with E-state index in [2.05, 4.69) is 15.0 Å². The molecule has 0 aromatic carbocycles. The van der Waals surface area contributed by atoms with Gasteiger partial charge >= 0.3 is 5.24 Å². The van der Waals surface area contributed by atoms with Crippen LogP contribution in [0.5, 0.6) is 0 Å². The van der Waals surface area contributed by atoms with Crippen LogP contribution in [0.25, 0.3) is 11.2 Å². The van der Waals surface area contributed by atoms with Gasteiger partial charge in [-0.2, -0.15) is 0 Å². The van der Waals surface area contributed by atoms with Gasteiger partial charge in [-0.1, -0.05) is 0 Å². The van der Waals surface area contributed by atoms with Crippen LogP contribution in [0.2, 0.25) is 0 Å². The first-order valence-corrected chi connectivity index (χ1v) is 6.66. The van der Waals surface area contributed by atoms with Gasteiger partial charge in [0.2, 0.25) is 0 Å². The second-order valence-corrected chi connectivity index (χ2v) is 5.08. The van der Waals surface area contributed by atoms with Gasteiger partial charge in [-0.05, 0) is 0 Å². The van der Waals surface area contributed by atoms with Crippen LogP contribution in [-0.2, 0) is 14.2 Å². The lowest BCUT2D eigenvalue weighted by molar-refractivity contribution is -0.0601. The summed E-state index contributed by atoms with van der Waals surface area (Å²) in [6.45, 7) is -0.201. The molecule has 2 aliphatic heterocycles. The van der Waals surface area contributed by atoms with Crippen molar-refractivity contribution in [2.75, 3.05) is 12.3 Å². The molecule has 4 unspecified atom stereocenters. The predicted octanol–water partition coefficient (Wildman–Crippen LogP) is -0.633. The fourth-order valence-corrected chi connectivity index (χ4v) is 2.88. The fraction of sp³-hybridized carbons (Fsp3) is 0.455. The number of nitrogens with zero attached hydrogens (tertiary/aromatic N) is 4. The molecule has 0 amide bonds. The van der Waals surface area contributed by atoms with Crippen molar-refractivity contribution in [1.29, 1.82) is 0 Å². The number of imidazole rings is 1. The average molecular weight is 309 g/mol. The Hall–Kier alpha value is -2.04. The lowest BCUT2D eigenvalue weighted by Gasteiger charge is -2.17. The molecule has 21 heavy (non-hydrogen) atoms. The number of thiocarbonyl (C=S) groups is 1. The Bertz CT molecular complexity index is 722. The second-order valence-electron chi connectivity index (χ2n) is 4.75. The Morgan fingerprint density at radius 3 is 2.90 bits per heavy atom. The number of hydrogen-bond acceptors (Lipinski definition) is 9. The van der Waals surface area contributed by atoms with Gasteiger partial charge in [0, 0.05) is 12.2 Å². The van der Waals surface area contributed by atoms with Crippen LogP contribution in [0.1, 0.15) is 6.23 Å². The molecule has 110 valence electrons. The number of nitrogen functional groups attached to an aromatic ring is 1. The van der Waals surface area contributed by atoms with E-state index in [0.717, 1.165) is 0 Å². The van der Waals surface area contributed by atoms with Crippen LogP contribution in [-0.4, -0.2) is 54.8 Å². The molecule has 2 saturated heterocycles. The van der Waals surface area contributed by atoms with E-state index in [1.165, 1.54) is 6.33 Å². The maximum absolute atomic E-state index is 9.40. The van der Waals surface area contributed by atoms with Gasteiger partial charge in [0.1, 0.15) is 17.9 Å². The minimum absolute atomic E-state index is 0.0512. The zero-order valence-corrected chi connectivity index (χ0v) is 11.4. The normalized spacial score (nSPS) is 31.2. The second kappa shape index (κ2) is 4.48. The van der Waals surface area contributed by atoms with Gasteiger partial charge in [0.15, 0.2) is 29.9 Å². The van der Waals surface area contributed by atoms with Crippen molar-refractivity contribution in [3.8, 4) is 0 Å². The number of fused-ring (bicyclic) bond motifs is 2. The zero-order valence-electron chi connectivity index (χ0n) is 10.6.